The first-order valence-electron chi connectivity index (χ1n) is 24.3. The first-order chi connectivity index (χ1) is 33.6. The van der Waals surface area contributed by atoms with E-state index in [4.69, 9.17) is 0 Å². The lowest BCUT2D eigenvalue weighted by Gasteiger charge is -2.30. The van der Waals surface area contributed by atoms with Crippen LogP contribution in [0.4, 0.5) is 0 Å². The zero-order valence-corrected chi connectivity index (χ0v) is 38.2. The molecule has 1 aliphatic rings. The highest BCUT2D eigenvalue weighted by Gasteiger charge is 2.41. The molecule has 0 unspecified atom stereocenters. The van der Waals surface area contributed by atoms with Gasteiger partial charge in [0.1, 0.15) is 0 Å². The van der Waals surface area contributed by atoms with Crippen LogP contribution in [0.5, 0.6) is 0 Å². The maximum atomic E-state index is 2.57. The highest BCUT2D eigenvalue weighted by molar-refractivity contribution is 6.27. The predicted octanol–water partition coefficient (Wildman–Crippen LogP) is 18.6. The van der Waals surface area contributed by atoms with Gasteiger partial charge in [-0.2, -0.15) is 0 Å². The summed E-state index contributed by atoms with van der Waals surface area (Å²) in [5, 5.41) is 15.6. The summed E-state index contributed by atoms with van der Waals surface area (Å²) in [5.74, 6) is 0. The quantitative estimate of drug-likeness (QED) is 0.116. The first-order valence-corrected chi connectivity index (χ1v) is 24.3. The second-order valence-corrected chi connectivity index (χ2v) is 18.9. The van der Waals surface area contributed by atoms with E-state index >= 15 is 0 Å². The van der Waals surface area contributed by atoms with Gasteiger partial charge in [0.05, 0.1) is 11.0 Å². The molecule has 0 spiro atoms. The van der Waals surface area contributed by atoms with Gasteiger partial charge in [-0.15, -0.1) is 0 Å². The second kappa shape index (κ2) is 14.9. The number of para-hydroxylation sites is 1. The van der Waals surface area contributed by atoms with Crippen molar-refractivity contribution < 1.29 is 0 Å². The average Bonchev–Trinajstić information content (AvgIpc) is 3.88. The minimum absolute atomic E-state index is 0.107. The Balaban J connectivity index is 0.966. The topological polar surface area (TPSA) is 4.93 Å². The number of nitrogens with zero attached hydrogens (tertiary/aromatic N) is 1. The van der Waals surface area contributed by atoms with Crippen molar-refractivity contribution in [2.24, 2.45) is 0 Å². The lowest BCUT2D eigenvalue weighted by molar-refractivity contribution is 0.491. The normalized spacial score (nSPS) is 13.1. The number of hydrogen-bond donors (Lipinski definition) is 0. The van der Waals surface area contributed by atoms with Gasteiger partial charge in [-0.25, -0.2) is 0 Å². The van der Waals surface area contributed by atoms with Crippen LogP contribution in [0.25, 0.3) is 126 Å². The number of hydrogen-bond acceptors (Lipinski definition) is 0. The van der Waals surface area contributed by atoms with E-state index in [9.17, 15) is 0 Å². The second-order valence-electron chi connectivity index (χ2n) is 18.9. The van der Waals surface area contributed by atoms with E-state index in [1.54, 1.807) is 0 Å². The van der Waals surface area contributed by atoms with Gasteiger partial charge in [0.25, 0.3) is 0 Å². The van der Waals surface area contributed by atoms with Gasteiger partial charge in [-0.3, -0.25) is 0 Å². The van der Waals surface area contributed by atoms with E-state index in [1.807, 2.05) is 0 Å². The SMILES string of the molecule is CCC1(CC)c2cc(-c3c4ccccc4c(-c4ccc5c(c4)c4ccccc4n5-c4cccc(-c5ccccc5)c4)c4ccccc34)ccc2-c2cc3c4ccccc4c4ccccc4c3cc21. The molecular formula is C67H47N. The van der Waals surface area contributed by atoms with Crippen LogP contribution >= 0.6 is 0 Å². The van der Waals surface area contributed by atoms with Crippen molar-refractivity contribution in [2.75, 3.05) is 0 Å². The molecule has 0 saturated heterocycles. The molecule has 0 amide bonds. The van der Waals surface area contributed by atoms with Gasteiger partial charge in [0.2, 0.25) is 0 Å². The molecular weight excluding hydrogens is 819 g/mol. The van der Waals surface area contributed by atoms with Crippen molar-refractivity contribution >= 4 is 75.7 Å². The number of rotatable bonds is 6. The van der Waals surface area contributed by atoms with Gasteiger partial charge in [0, 0.05) is 21.9 Å². The molecule has 1 heteroatoms. The monoisotopic (exact) mass is 865 g/mol. The molecule has 1 aromatic heterocycles. The summed E-state index contributed by atoms with van der Waals surface area (Å²) in [6.45, 7) is 4.79. The fraction of sp³-hybridized carbons (Fsp3) is 0.0746. The lowest BCUT2D eigenvalue weighted by atomic mass is 9.72. The van der Waals surface area contributed by atoms with E-state index < -0.39 is 0 Å². The lowest BCUT2D eigenvalue weighted by Crippen LogP contribution is -2.23. The third kappa shape index (κ3) is 5.45. The maximum absolute atomic E-state index is 2.57. The maximum Gasteiger partial charge on any atom is 0.0541 e. The van der Waals surface area contributed by atoms with Crippen molar-refractivity contribution in [1.29, 1.82) is 0 Å². The van der Waals surface area contributed by atoms with E-state index in [1.165, 1.54) is 131 Å². The Bertz CT molecular complexity index is 4160. The Hall–Kier alpha value is -8.26. The summed E-state index contributed by atoms with van der Waals surface area (Å²) in [6, 6.07) is 84.4. The summed E-state index contributed by atoms with van der Waals surface area (Å²) < 4.78 is 2.44. The Labute approximate surface area is 396 Å². The molecule has 0 radical (unpaired) electrons. The molecule has 1 heterocycles. The van der Waals surface area contributed by atoms with E-state index in [0.29, 0.717) is 0 Å². The minimum Gasteiger partial charge on any atom is -0.309 e. The van der Waals surface area contributed by atoms with Crippen LogP contribution in [-0.4, -0.2) is 4.57 Å². The molecule has 68 heavy (non-hydrogen) atoms. The van der Waals surface area contributed by atoms with E-state index in [2.05, 4.69) is 243 Å². The van der Waals surface area contributed by atoms with Gasteiger partial charge in [-0.05, 0) is 171 Å². The van der Waals surface area contributed by atoms with Crippen molar-refractivity contribution in [3.05, 3.63) is 236 Å². The van der Waals surface area contributed by atoms with Crippen LogP contribution < -0.4 is 0 Å². The van der Waals surface area contributed by atoms with Crippen LogP contribution in [0, 0.1) is 0 Å². The summed E-state index contributed by atoms with van der Waals surface area (Å²) >= 11 is 0. The van der Waals surface area contributed by atoms with Crippen LogP contribution in [0.3, 0.4) is 0 Å². The van der Waals surface area contributed by atoms with Gasteiger partial charge in [0.15, 0.2) is 0 Å². The van der Waals surface area contributed by atoms with Crippen molar-refractivity contribution in [2.45, 2.75) is 32.1 Å². The number of fused-ring (bicyclic) bond motifs is 14. The fourth-order valence-corrected chi connectivity index (χ4v) is 12.7. The molecule has 0 N–H and O–H groups in total. The van der Waals surface area contributed by atoms with Crippen LogP contribution in [-0.2, 0) is 5.41 Å². The zero-order chi connectivity index (χ0) is 45.1. The Morgan fingerprint density at radius 3 is 1.38 bits per heavy atom. The van der Waals surface area contributed by atoms with Crippen LogP contribution in [0.1, 0.15) is 37.8 Å². The smallest absolute Gasteiger partial charge is 0.0541 e. The van der Waals surface area contributed by atoms with Crippen molar-refractivity contribution in [1.82, 2.24) is 4.57 Å². The zero-order valence-electron chi connectivity index (χ0n) is 38.2. The highest BCUT2D eigenvalue weighted by Crippen LogP contribution is 2.56. The summed E-state index contributed by atoms with van der Waals surface area (Å²) in [5.41, 5.74) is 16.7. The van der Waals surface area contributed by atoms with Crippen LogP contribution in [0.2, 0.25) is 0 Å². The molecule has 14 rings (SSSR count). The van der Waals surface area contributed by atoms with Gasteiger partial charge in [-0.1, -0.05) is 190 Å². The van der Waals surface area contributed by atoms with Gasteiger partial charge < -0.3 is 4.57 Å². The summed E-state index contributed by atoms with van der Waals surface area (Å²) in [4.78, 5) is 0. The summed E-state index contributed by atoms with van der Waals surface area (Å²) in [6.07, 6.45) is 2.06. The third-order valence-electron chi connectivity index (χ3n) is 15.8. The Morgan fingerprint density at radius 2 is 0.765 bits per heavy atom. The average molecular weight is 866 g/mol. The molecule has 0 bridgehead atoms. The fourth-order valence-electron chi connectivity index (χ4n) is 12.7. The molecule has 0 fully saturated rings. The van der Waals surface area contributed by atoms with E-state index in [0.717, 1.165) is 18.5 Å². The summed E-state index contributed by atoms with van der Waals surface area (Å²) in [7, 11) is 0. The largest absolute Gasteiger partial charge is 0.309 e. The molecule has 1 nitrogen and oxygen atoms in total. The highest BCUT2D eigenvalue weighted by atomic mass is 15.0. The standard InChI is InChI=1S/C67H47N/c1-3-67(4-2)61-39-45(33-35-51(61)59-40-57-49-25-10-8-23-47(49)48-24-9-11-26-50(48)58(57)41-62(59)67)66-55-30-14-12-28-53(55)65(54-29-13-15-31-56(54)66)44-34-36-64-60(38-44)52-27-16-17-32-63(52)68(64)46-22-18-21-43(37-46)42-19-6-5-7-20-42/h5-41H,3-4H2,1-2H3. The minimum atomic E-state index is -0.107. The third-order valence-corrected chi connectivity index (χ3v) is 15.8. The molecule has 320 valence electrons. The van der Waals surface area contributed by atoms with Crippen molar-refractivity contribution in [3.63, 3.8) is 0 Å². The molecule has 0 aliphatic heterocycles. The van der Waals surface area contributed by atoms with Gasteiger partial charge >= 0.3 is 0 Å². The van der Waals surface area contributed by atoms with Crippen molar-refractivity contribution in [3.8, 4) is 50.2 Å². The van der Waals surface area contributed by atoms with E-state index in [-0.39, 0.29) is 5.41 Å². The Kier molecular flexibility index (Phi) is 8.52. The molecule has 1 aliphatic carbocycles. The number of aromatic nitrogens is 1. The van der Waals surface area contributed by atoms with Crippen LogP contribution in [0.15, 0.2) is 224 Å². The predicted molar refractivity (Wildman–Crippen MR) is 291 cm³/mol. The molecule has 12 aromatic carbocycles. The molecule has 0 atom stereocenters. The first kappa shape index (κ1) is 39.0. The Morgan fingerprint density at radius 1 is 0.294 bits per heavy atom. The molecule has 0 saturated carbocycles. The molecule has 13 aromatic rings. The number of benzene rings is 12.